The molecule has 0 fully saturated rings. The van der Waals surface area contributed by atoms with E-state index in [2.05, 4.69) is 9.97 Å². The van der Waals surface area contributed by atoms with Gasteiger partial charge in [-0.3, -0.25) is 0 Å². The van der Waals surface area contributed by atoms with Crippen LogP contribution in [0.3, 0.4) is 0 Å². The van der Waals surface area contributed by atoms with E-state index in [9.17, 15) is 26.7 Å². The van der Waals surface area contributed by atoms with E-state index in [0.29, 0.717) is 11.1 Å². The maximum atomic E-state index is 15.0. The van der Waals surface area contributed by atoms with Crippen LogP contribution in [-0.4, -0.2) is 34.3 Å². The minimum Gasteiger partial charge on any atom is -0.440 e. The number of hydrogen-bond acceptors (Lipinski definition) is 6. The summed E-state index contributed by atoms with van der Waals surface area (Å²) in [5.74, 6) is -0.471. The molecule has 0 atom stereocenters. The highest BCUT2D eigenvalue weighted by atomic mass is 35.5. The summed E-state index contributed by atoms with van der Waals surface area (Å²) in [5, 5.41) is 10.1. The maximum Gasteiger partial charge on any atom is 0.434 e. The zero-order valence-corrected chi connectivity index (χ0v) is 24.9. The highest BCUT2D eigenvalue weighted by Gasteiger charge is 2.35. The fourth-order valence-electron chi connectivity index (χ4n) is 4.67. The molecule has 43 heavy (non-hydrogen) atoms. The second-order valence-electron chi connectivity index (χ2n) is 9.68. The van der Waals surface area contributed by atoms with E-state index in [1.165, 1.54) is 35.8 Å². The molecule has 7 nitrogen and oxygen atoms in total. The molecule has 0 aliphatic rings. The predicted molar refractivity (Wildman–Crippen MR) is 153 cm³/mol. The molecule has 0 amide bonds. The molecule has 2 aromatic heterocycles. The summed E-state index contributed by atoms with van der Waals surface area (Å²) in [6, 6.07) is 11.5. The third-order valence-corrected chi connectivity index (χ3v) is 8.55. The first kappa shape index (κ1) is 30.7. The van der Waals surface area contributed by atoms with Crippen LogP contribution in [0.1, 0.15) is 23.0 Å². The van der Waals surface area contributed by atoms with Crippen LogP contribution in [0.5, 0.6) is 0 Å². The summed E-state index contributed by atoms with van der Waals surface area (Å²) in [7, 11) is -3.95. The molecule has 0 saturated heterocycles. The summed E-state index contributed by atoms with van der Waals surface area (Å²) in [6.07, 6.45) is -2.97. The molecule has 0 aliphatic carbocycles. The Bertz CT molecular complexity index is 2000. The van der Waals surface area contributed by atoms with Gasteiger partial charge in [0.1, 0.15) is 17.3 Å². The third kappa shape index (κ3) is 5.92. The maximum absolute atomic E-state index is 15.0. The van der Waals surface area contributed by atoms with Crippen LogP contribution in [0, 0.1) is 19.7 Å². The van der Waals surface area contributed by atoms with Gasteiger partial charge < -0.3 is 14.1 Å². The quantitative estimate of drug-likeness (QED) is 0.188. The number of aliphatic hydroxyl groups excluding tert-OH is 1. The number of imidazole rings is 1. The molecule has 5 rings (SSSR count). The minimum absolute atomic E-state index is 0.0235. The number of aliphatic hydroxyl groups is 1. The fourth-order valence-corrected chi connectivity index (χ4v) is 5.92. The van der Waals surface area contributed by atoms with Gasteiger partial charge in [0.15, 0.2) is 27.2 Å². The second-order valence-corrected chi connectivity index (χ2v) is 12.5. The van der Waals surface area contributed by atoms with Crippen molar-refractivity contribution in [2.45, 2.75) is 31.5 Å². The van der Waals surface area contributed by atoms with Gasteiger partial charge in [0.25, 0.3) is 0 Å². The van der Waals surface area contributed by atoms with Crippen LogP contribution in [0.4, 0.5) is 17.6 Å². The van der Waals surface area contributed by atoms with Gasteiger partial charge in [0.05, 0.1) is 27.2 Å². The molecule has 0 radical (unpaired) electrons. The van der Waals surface area contributed by atoms with Crippen LogP contribution >= 0.6 is 23.2 Å². The number of alkyl halides is 3. The van der Waals surface area contributed by atoms with Gasteiger partial charge in [-0.15, -0.1) is 0 Å². The zero-order valence-electron chi connectivity index (χ0n) is 22.6. The van der Waals surface area contributed by atoms with Gasteiger partial charge in [-0.25, -0.2) is 22.8 Å². The lowest BCUT2D eigenvalue weighted by Gasteiger charge is -2.15. The summed E-state index contributed by atoms with van der Waals surface area (Å²) in [5.41, 5.74) is 0.125. The van der Waals surface area contributed by atoms with Crippen molar-refractivity contribution in [2.75, 3.05) is 6.26 Å². The molecule has 224 valence electrons. The Hall–Kier alpha value is -3.71. The molecule has 5 aromatic rings. The number of aromatic nitrogens is 3. The van der Waals surface area contributed by atoms with E-state index in [1.54, 1.807) is 25.1 Å². The standard InChI is InChI=1S/C29H21Cl2F4N3O4S/c1-14-36-26(29(33,34)35)12-38(14)24-7-5-16(18-10-23(32)20(13-39)25(11-18)43(3,40)41)8-19(24)27-28(42-15(2)37-27)17-4-6-21(30)22(31)9-17/h4-12,39H,13H2,1-3H3. The number of rotatable bonds is 6. The topological polar surface area (TPSA) is 98.2 Å². The number of halogens is 6. The van der Waals surface area contributed by atoms with Crippen molar-refractivity contribution < 1.29 is 35.5 Å². The number of sulfone groups is 1. The number of nitrogens with zero attached hydrogens (tertiary/aromatic N) is 3. The summed E-state index contributed by atoms with van der Waals surface area (Å²) < 4.78 is 87.7. The van der Waals surface area contributed by atoms with E-state index >= 15 is 4.39 Å². The molecule has 14 heteroatoms. The van der Waals surface area contributed by atoms with E-state index in [1.807, 2.05) is 0 Å². The third-order valence-electron chi connectivity index (χ3n) is 6.65. The van der Waals surface area contributed by atoms with Gasteiger partial charge >= 0.3 is 6.18 Å². The Kier molecular flexibility index (Phi) is 7.93. The normalized spacial score (nSPS) is 12.2. The van der Waals surface area contributed by atoms with Crippen molar-refractivity contribution in [1.29, 1.82) is 0 Å². The van der Waals surface area contributed by atoms with Crippen molar-refractivity contribution >= 4 is 33.0 Å². The Balaban J connectivity index is 1.81. The summed E-state index contributed by atoms with van der Waals surface area (Å²) in [4.78, 5) is 7.79. The Morgan fingerprint density at radius 1 is 0.953 bits per heavy atom. The second kappa shape index (κ2) is 11.1. The number of benzene rings is 3. The lowest BCUT2D eigenvalue weighted by molar-refractivity contribution is -0.141. The first-order valence-corrected chi connectivity index (χ1v) is 15.1. The van der Waals surface area contributed by atoms with Gasteiger partial charge in [-0.05, 0) is 60.5 Å². The highest BCUT2D eigenvalue weighted by Crippen LogP contribution is 2.41. The van der Waals surface area contributed by atoms with Gasteiger partial charge in [0, 0.05) is 36.1 Å². The van der Waals surface area contributed by atoms with Crippen molar-refractivity contribution in [3.63, 3.8) is 0 Å². The van der Waals surface area contributed by atoms with Crippen LogP contribution in [0.25, 0.3) is 39.4 Å². The number of aryl methyl sites for hydroxylation is 2. The average Bonchev–Trinajstić information content (AvgIpc) is 3.51. The molecule has 0 bridgehead atoms. The zero-order chi connectivity index (χ0) is 31.4. The fraction of sp³-hybridized carbons (Fsp3) is 0.172. The largest absolute Gasteiger partial charge is 0.440 e. The number of hydrogen-bond donors (Lipinski definition) is 1. The SMILES string of the molecule is Cc1nc(-c2cc(-c3cc(F)c(CO)c(S(C)(=O)=O)c3)ccc2-n2cc(C(F)(F)F)nc2C)c(-c2ccc(Cl)c(Cl)c2)o1. The van der Waals surface area contributed by atoms with Gasteiger partial charge in [-0.2, -0.15) is 13.2 Å². The predicted octanol–water partition coefficient (Wildman–Crippen LogP) is 7.84. The molecule has 0 saturated carbocycles. The molecule has 3 aromatic carbocycles. The van der Waals surface area contributed by atoms with Crippen molar-refractivity contribution in [3.05, 3.63) is 93.6 Å². The lowest BCUT2D eigenvalue weighted by atomic mass is 9.97. The lowest BCUT2D eigenvalue weighted by Crippen LogP contribution is -2.06. The monoisotopic (exact) mass is 653 g/mol. The van der Waals surface area contributed by atoms with Crippen LogP contribution in [0.15, 0.2) is 64.0 Å². The highest BCUT2D eigenvalue weighted by molar-refractivity contribution is 7.90. The van der Waals surface area contributed by atoms with Crippen molar-refractivity contribution in [3.8, 4) is 39.4 Å². The van der Waals surface area contributed by atoms with Gasteiger partial charge in [0.2, 0.25) is 0 Å². The molecular formula is C29H21Cl2F4N3O4S. The summed E-state index contributed by atoms with van der Waals surface area (Å²) in [6.45, 7) is 2.15. The molecule has 2 heterocycles. The van der Waals surface area contributed by atoms with Crippen molar-refractivity contribution in [2.24, 2.45) is 0 Å². The van der Waals surface area contributed by atoms with Crippen LogP contribution in [0.2, 0.25) is 10.0 Å². The van der Waals surface area contributed by atoms with E-state index in [0.717, 1.165) is 18.5 Å². The Morgan fingerprint density at radius 3 is 2.26 bits per heavy atom. The average molecular weight is 654 g/mol. The van der Waals surface area contributed by atoms with Gasteiger partial charge in [-0.1, -0.05) is 29.3 Å². The first-order chi connectivity index (χ1) is 20.1. The number of oxazole rings is 1. The molecule has 1 N–H and O–H groups in total. The van der Waals surface area contributed by atoms with E-state index in [4.69, 9.17) is 27.6 Å². The molecule has 0 aliphatic heterocycles. The Morgan fingerprint density at radius 2 is 1.65 bits per heavy atom. The molecule has 0 unspecified atom stereocenters. The summed E-state index contributed by atoms with van der Waals surface area (Å²) >= 11 is 12.3. The molecule has 0 spiro atoms. The van der Waals surface area contributed by atoms with E-state index in [-0.39, 0.29) is 55.6 Å². The van der Waals surface area contributed by atoms with Crippen molar-refractivity contribution in [1.82, 2.24) is 14.5 Å². The van der Waals surface area contributed by atoms with Crippen LogP contribution < -0.4 is 0 Å². The molecular weight excluding hydrogens is 633 g/mol. The van der Waals surface area contributed by atoms with E-state index < -0.39 is 39.0 Å². The minimum atomic E-state index is -4.71. The smallest absolute Gasteiger partial charge is 0.434 e. The Labute approximate surface area is 253 Å². The first-order valence-electron chi connectivity index (χ1n) is 12.4. The van der Waals surface area contributed by atoms with Crippen LogP contribution in [-0.2, 0) is 22.6 Å².